The highest BCUT2D eigenvalue weighted by Crippen LogP contribution is 2.36. The van der Waals surface area contributed by atoms with E-state index in [0.717, 1.165) is 19.0 Å². The summed E-state index contributed by atoms with van der Waals surface area (Å²) in [6, 6.07) is 2.60. The molecular weight excluding hydrogens is 338 g/mol. The fourth-order valence-electron chi connectivity index (χ4n) is 4.62. The van der Waals surface area contributed by atoms with Crippen molar-refractivity contribution in [2.45, 2.75) is 63.6 Å². The molecule has 1 amide bonds. The zero-order valence-corrected chi connectivity index (χ0v) is 15.2. The summed E-state index contributed by atoms with van der Waals surface area (Å²) in [5.74, 6) is -0.302. The van der Waals surface area contributed by atoms with Crippen LogP contribution in [-0.4, -0.2) is 35.7 Å². The Morgan fingerprint density at radius 1 is 1.23 bits per heavy atom. The molecule has 5 atom stereocenters. The van der Waals surface area contributed by atoms with Crippen molar-refractivity contribution in [2.75, 3.05) is 6.54 Å². The smallest absolute Gasteiger partial charge is 0.217 e. The fraction of sp³-hybridized carbons (Fsp3) is 0.650. The molecule has 1 aliphatic heterocycles. The first-order valence-electron chi connectivity index (χ1n) is 9.56. The van der Waals surface area contributed by atoms with E-state index in [0.29, 0.717) is 17.4 Å². The van der Waals surface area contributed by atoms with E-state index in [9.17, 15) is 18.7 Å². The van der Waals surface area contributed by atoms with E-state index < -0.39 is 23.8 Å². The van der Waals surface area contributed by atoms with Crippen molar-refractivity contribution < 1.29 is 18.7 Å². The predicted octanol–water partition coefficient (Wildman–Crippen LogP) is 2.54. The molecule has 1 aromatic rings. The molecule has 1 aromatic carbocycles. The first-order valence-corrected chi connectivity index (χ1v) is 9.56. The van der Waals surface area contributed by atoms with E-state index in [2.05, 4.69) is 10.6 Å². The summed E-state index contributed by atoms with van der Waals surface area (Å²) in [7, 11) is 0. The number of hydrogen-bond acceptors (Lipinski definition) is 3. The van der Waals surface area contributed by atoms with E-state index in [4.69, 9.17) is 0 Å². The number of carbonyl (C=O) groups excluding carboxylic acids is 1. The third-order valence-electron chi connectivity index (χ3n) is 5.86. The molecule has 1 saturated heterocycles. The molecule has 0 spiro atoms. The van der Waals surface area contributed by atoms with Gasteiger partial charge < -0.3 is 15.7 Å². The van der Waals surface area contributed by atoms with Crippen molar-refractivity contribution in [3.05, 3.63) is 35.4 Å². The molecule has 1 aliphatic carbocycles. The second-order valence-corrected chi connectivity index (χ2v) is 7.83. The number of rotatable bonds is 5. The number of fused-ring (bicyclic) bond motifs is 1. The molecule has 0 aromatic heterocycles. The zero-order chi connectivity index (χ0) is 18.7. The normalized spacial score (nSPS) is 28.1. The molecule has 3 N–H and O–H groups in total. The predicted molar refractivity (Wildman–Crippen MR) is 95.5 cm³/mol. The van der Waals surface area contributed by atoms with E-state index in [1.165, 1.54) is 44.7 Å². The lowest BCUT2D eigenvalue weighted by atomic mass is 9.72. The average molecular weight is 366 g/mol. The SMILES string of the molecule is CC(=O)NC(Cc1cc(F)cc(F)c1)C(O)C1CC2CCCCC2CN1. The number of nitrogens with one attached hydrogen (secondary N) is 2. The first kappa shape index (κ1) is 19.2. The Morgan fingerprint density at radius 2 is 1.88 bits per heavy atom. The van der Waals surface area contributed by atoms with Crippen molar-refractivity contribution in [1.29, 1.82) is 0 Å². The molecule has 26 heavy (non-hydrogen) atoms. The molecule has 0 bridgehead atoms. The van der Waals surface area contributed by atoms with Gasteiger partial charge in [-0.3, -0.25) is 4.79 Å². The number of hydrogen-bond donors (Lipinski definition) is 3. The molecule has 4 nitrogen and oxygen atoms in total. The minimum absolute atomic E-state index is 0.121. The highest BCUT2D eigenvalue weighted by atomic mass is 19.1. The van der Waals surface area contributed by atoms with Crippen LogP contribution in [-0.2, 0) is 11.2 Å². The summed E-state index contributed by atoms with van der Waals surface area (Å²) < 4.78 is 27.0. The number of piperidine rings is 1. The van der Waals surface area contributed by atoms with Crippen LogP contribution in [0.25, 0.3) is 0 Å². The Labute approximate surface area is 153 Å². The standard InChI is InChI=1S/C20H28F2N2O2/c1-12(25)24-19(8-13-6-16(21)10-17(22)7-13)20(26)18-9-14-4-2-3-5-15(14)11-23-18/h6-7,10,14-15,18-20,23,26H,2-5,8-9,11H2,1H3,(H,24,25). The van der Waals surface area contributed by atoms with Crippen molar-refractivity contribution in [2.24, 2.45) is 11.8 Å². The number of amides is 1. The Bertz CT molecular complexity index is 620. The van der Waals surface area contributed by atoms with Gasteiger partial charge in [0.2, 0.25) is 5.91 Å². The minimum Gasteiger partial charge on any atom is -0.389 e. The maximum Gasteiger partial charge on any atom is 0.217 e. The van der Waals surface area contributed by atoms with Gasteiger partial charge in [0.15, 0.2) is 0 Å². The van der Waals surface area contributed by atoms with Gasteiger partial charge in [-0.25, -0.2) is 8.78 Å². The van der Waals surface area contributed by atoms with Crippen LogP contribution >= 0.6 is 0 Å². The summed E-state index contributed by atoms with van der Waals surface area (Å²) in [6.07, 6.45) is 5.18. The van der Waals surface area contributed by atoms with Crippen molar-refractivity contribution in [3.63, 3.8) is 0 Å². The lowest BCUT2D eigenvalue weighted by Crippen LogP contribution is -2.57. The van der Waals surface area contributed by atoms with Crippen LogP contribution in [0.2, 0.25) is 0 Å². The van der Waals surface area contributed by atoms with E-state index in [-0.39, 0.29) is 18.4 Å². The van der Waals surface area contributed by atoms with Crippen molar-refractivity contribution in [3.8, 4) is 0 Å². The Balaban J connectivity index is 1.70. The number of aliphatic hydroxyl groups excluding tert-OH is 1. The minimum atomic E-state index is -0.812. The van der Waals surface area contributed by atoms with Gasteiger partial charge in [-0.15, -0.1) is 0 Å². The Hall–Kier alpha value is -1.53. The number of carbonyl (C=O) groups is 1. The van der Waals surface area contributed by atoms with Crippen LogP contribution in [0.3, 0.4) is 0 Å². The van der Waals surface area contributed by atoms with Gasteiger partial charge in [-0.05, 0) is 55.3 Å². The second-order valence-electron chi connectivity index (χ2n) is 7.83. The van der Waals surface area contributed by atoms with Gasteiger partial charge in [0, 0.05) is 19.0 Å². The third kappa shape index (κ3) is 4.80. The average Bonchev–Trinajstić information content (AvgIpc) is 2.59. The van der Waals surface area contributed by atoms with Gasteiger partial charge in [0.1, 0.15) is 11.6 Å². The Kier molecular flexibility index (Phi) is 6.24. The lowest BCUT2D eigenvalue weighted by Gasteiger charge is -2.43. The van der Waals surface area contributed by atoms with Gasteiger partial charge in [-0.2, -0.15) is 0 Å². The van der Waals surface area contributed by atoms with Crippen molar-refractivity contribution in [1.82, 2.24) is 10.6 Å². The molecule has 0 radical (unpaired) electrons. The molecule has 2 fully saturated rings. The summed E-state index contributed by atoms with van der Waals surface area (Å²) >= 11 is 0. The molecule has 5 unspecified atom stereocenters. The summed E-state index contributed by atoms with van der Waals surface area (Å²) in [4.78, 5) is 11.6. The fourth-order valence-corrected chi connectivity index (χ4v) is 4.62. The molecule has 1 heterocycles. The zero-order valence-electron chi connectivity index (χ0n) is 15.2. The quantitative estimate of drug-likeness (QED) is 0.751. The number of halogens is 2. The third-order valence-corrected chi connectivity index (χ3v) is 5.86. The van der Waals surface area contributed by atoms with Crippen LogP contribution in [0.1, 0.15) is 44.6 Å². The Morgan fingerprint density at radius 3 is 2.54 bits per heavy atom. The van der Waals surface area contributed by atoms with Gasteiger partial charge in [0.25, 0.3) is 0 Å². The van der Waals surface area contributed by atoms with E-state index >= 15 is 0 Å². The molecule has 6 heteroatoms. The van der Waals surface area contributed by atoms with Gasteiger partial charge in [0.05, 0.1) is 12.1 Å². The molecule has 1 saturated carbocycles. The van der Waals surface area contributed by atoms with Crippen LogP contribution < -0.4 is 10.6 Å². The van der Waals surface area contributed by atoms with Crippen LogP contribution in [0, 0.1) is 23.5 Å². The monoisotopic (exact) mass is 366 g/mol. The summed E-state index contributed by atoms with van der Waals surface area (Å²) in [6.45, 7) is 2.27. The van der Waals surface area contributed by atoms with Gasteiger partial charge >= 0.3 is 0 Å². The van der Waals surface area contributed by atoms with E-state index in [1.807, 2.05) is 0 Å². The van der Waals surface area contributed by atoms with Crippen LogP contribution in [0.4, 0.5) is 8.78 Å². The van der Waals surface area contributed by atoms with Crippen LogP contribution in [0.5, 0.6) is 0 Å². The summed E-state index contributed by atoms with van der Waals surface area (Å²) in [5, 5.41) is 17.1. The largest absolute Gasteiger partial charge is 0.389 e. The lowest BCUT2D eigenvalue weighted by molar-refractivity contribution is -0.120. The maximum atomic E-state index is 13.5. The highest BCUT2D eigenvalue weighted by Gasteiger charge is 2.37. The highest BCUT2D eigenvalue weighted by molar-refractivity contribution is 5.73. The maximum absolute atomic E-state index is 13.5. The molecule has 144 valence electrons. The number of aliphatic hydroxyl groups is 1. The second kappa shape index (κ2) is 8.44. The molecule has 2 aliphatic rings. The van der Waals surface area contributed by atoms with E-state index in [1.54, 1.807) is 0 Å². The van der Waals surface area contributed by atoms with Gasteiger partial charge in [-0.1, -0.05) is 19.3 Å². The van der Waals surface area contributed by atoms with Crippen molar-refractivity contribution >= 4 is 5.91 Å². The topological polar surface area (TPSA) is 61.4 Å². The number of benzene rings is 1. The summed E-state index contributed by atoms with van der Waals surface area (Å²) in [5.41, 5.74) is 0.423. The van der Waals surface area contributed by atoms with Crippen LogP contribution in [0.15, 0.2) is 18.2 Å². The first-order chi connectivity index (χ1) is 12.4. The molecule has 3 rings (SSSR count). The molecular formula is C20H28F2N2O2.